The molecule has 0 radical (unpaired) electrons. The first-order valence-electron chi connectivity index (χ1n) is 6.07. The average molecular weight is 269 g/mol. The Labute approximate surface area is 112 Å². The van der Waals surface area contributed by atoms with Gasteiger partial charge in [0.25, 0.3) is 0 Å². The summed E-state index contributed by atoms with van der Waals surface area (Å²) >= 11 is 0. The summed E-state index contributed by atoms with van der Waals surface area (Å²) in [5.74, 6) is -0.244. The van der Waals surface area contributed by atoms with Crippen LogP contribution in [-0.4, -0.2) is 30.8 Å². The third-order valence-electron chi connectivity index (χ3n) is 2.97. The summed E-state index contributed by atoms with van der Waals surface area (Å²) in [7, 11) is 1.52. The van der Waals surface area contributed by atoms with E-state index in [-0.39, 0.29) is 12.4 Å². The molecule has 0 spiro atoms. The summed E-state index contributed by atoms with van der Waals surface area (Å²) in [4.78, 5) is 11.4. The molecule has 0 aromatic heterocycles. The molecule has 1 unspecified atom stereocenters. The van der Waals surface area contributed by atoms with Crippen LogP contribution in [0.2, 0.25) is 0 Å². The van der Waals surface area contributed by atoms with Crippen LogP contribution in [0.3, 0.4) is 0 Å². The molecule has 4 nitrogen and oxygen atoms in total. The molecule has 0 fully saturated rings. The number of carbonyl (C=O) groups is 1. The molecule has 0 saturated carbocycles. The van der Waals surface area contributed by atoms with Crippen LogP contribution in [0, 0.1) is 5.82 Å². The Bertz CT molecular complexity index is 458. The minimum atomic E-state index is -1.06. The van der Waals surface area contributed by atoms with Gasteiger partial charge in [-0.05, 0) is 25.1 Å². The number of amides is 1. The number of nitrogens with one attached hydrogen (secondary N) is 1. The van der Waals surface area contributed by atoms with E-state index in [0.717, 1.165) is 0 Å². The molecule has 19 heavy (non-hydrogen) atoms. The van der Waals surface area contributed by atoms with Crippen LogP contribution in [0.25, 0.3) is 0 Å². The standard InChI is InChI=1S/C14H20FNO3/c1-9(17)13(18)16-8-14(2,3)11-7-10(15)5-6-12(11)19-4/h5-7,9,17H,8H2,1-4H3,(H,16,18). The van der Waals surface area contributed by atoms with Gasteiger partial charge in [-0.2, -0.15) is 0 Å². The third kappa shape index (κ3) is 3.92. The van der Waals surface area contributed by atoms with E-state index in [1.807, 2.05) is 13.8 Å². The van der Waals surface area contributed by atoms with Crippen molar-refractivity contribution in [2.45, 2.75) is 32.3 Å². The number of hydrogen-bond donors (Lipinski definition) is 2. The Morgan fingerprint density at radius 1 is 1.53 bits per heavy atom. The molecule has 1 amide bonds. The molecule has 2 N–H and O–H groups in total. The summed E-state index contributed by atoms with van der Waals surface area (Å²) < 4.78 is 18.6. The molecule has 0 aliphatic carbocycles. The molecule has 1 atom stereocenters. The highest BCUT2D eigenvalue weighted by Gasteiger charge is 2.26. The van der Waals surface area contributed by atoms with Gasteiger partial charge in [0.05, 0.1) is 7.11 Å². The number of methoxy groups -OCH3 is 1. The van der Waals surface area contributed by atoms with Crippen molar-refractivity contribution in [1.82, 2.24) is 5.32 Å². The first-order valence-corrected chi connectivity index (χ1v) is 6.07. The topological polar surface area (TPSA) is 58.6 Å². The van der Waals surface area contributed by atoms with Crippen molar-refractivity contribution in [3.05, 3.63) is 29.6 Å². The highest BCUT2D eigenvalue weighted by Crippen LogP contribution is 2.31. The van der Waals surface area contributed by atoms with E-state index >= 15 is 0 Å². The van der Waals surface area contributed by atoms with Crippen molar-refractivity contribution in [3.63, 3.8) is 0 Å². The highest BCUT2D eigenvalue weighted by molar-refractivity contribution is 5.80. The van der Waals surface area contributed by atoms with E-state index in [9.17, 15) is 9.18 Å². The number of ether oxygens (including phenoxy) is 1. The van der Waals surface area contributed by atoms with Gasteiger partial charge < -0.3 is 15.2 Å². The lowest BCUT2D eigenvalue weighted by Crippen LogP contribution is -2.41. The van der Waals surface area contributed by atoms with E-state index in [0.29, 0.717) is 11.3 Å². The maximum absolute atomic E-state index is 13.4. The second-order valence-corrected chi connectivity index (χ2v) is 5.12. The lowest BCUT2D eigenvalue weighted by Gasteiger charge is -2.27. The maximum atomic E-state index is 13.4. The number of hydrogen-bond acceptors (Lipinski definition) is 3. The summed E-state index contributed by atoms with van der Waals surface area (Å²) in [6, 6.07) is 4.28. The SMILES string of the molecule is COc1ccc(F)cc1C(C)(C)CNC(=O)C(C)O. The Morgan fingerprint density at radius 2 is 2.16 bits per heavy atom. The summed E-state index contributed by atoms with van der Waals surface area (Å²) in [5, 5.41) is 11.8. The van der Waals surface area contributed by atoms with Crippen molar-refractivity contribution < 1.29 is 19.0 Å². The maximum Gasteiger partial charge on any atom is 0.248 e. The molecular formula is C14H20FNO3. The molecule has 0 aliphatic heterocycles. The molecule has 0 bridgehead atoms. The number of halogens is 1. The Kier molecular flexibility index (Phi) is 4.89. The van der Waals surface area contributed by atoms with Gasteiger partial charge in [0, 0.05) is 17.5 Å². The van der Waals surface area contributed by atoms with Crippen LogP contribution in [0.4, 0.5) is 4.39 Å². The van der Waals surface area contributed by atoms with E-state index < -0.39 is 17.4 Å². The van der Waals surface area contributed by atoms with Gasteiger partial charge in [-0.25, -0.2) is 4.39 Å². The second-order valence-electron chi connectivity index (χ2n) is 5.12. The van der Waals surface area contributed by atoms with Crippen molar-refractivity contribution >= 4 is 5.91 Å². The van der Waals surface area contributed by atoms with Crippen LogP contribution >= 0.6 is 0 Å². The van der Waals surface area contributed by atoms with Gasteiger partial charge in [0.2, 0.25) is 5.91 Å². The summed E-state index contributed by atoms with van der Waals surface area (Å²) in [6.45, 7) is 5.40. The van der Waals surface area contributed by atoms with E-state index in [4.69, 9.17) is 9.84 Å². The van der Waals surface area contributed by atoms with Crippen LogP contribution in [0.1, 0.15) is 26.3 Å². The first-order chi connectivity index (χ1) is 8.77. The van der Waals surface area contributed by atoms with Crippen LogP contribution in [0.5, 0.6) is 5.75 Å². The van der Waals surface area contributed by atoms with Crippen LogP contribution in [0.15, 0.2) is 18.2 Å². The van der Waals surface area contributed by atoms with Crippen LogP contribution in [-0.2, 0) is 10.2 Å². The quantitative estimate of drug-likeness (QED) is 0.853. The average Bonchev–Trinajstić information content (AvgIpc) is 2.35. The number of aliphatic hydroxyl groups excluding tert-OH is 1. The lowest BCUT2D eigenvalue weighted by atomic mass is 9.83. The minimum Gasteiger partial charge on any atom is -0.496 e. The number of carbonyl (C=O) groups excluding carboxylic acids is 1. The lowest BCUT2D eigenvalue weighted by molar-refractivity contribution is -0.128. The number of benzene rings is 1. The Morgan fingerprint density at radius 3 is 2.68 bits per heavy atom. The molecule has 5 heteroatoms. The normalized spacial score (nSPS) is 12.9. The molecule has 106 valence electrons. The molecule has 0 saturated heterocycles. The van der Waals surface area contributed by atoms with Gasteiger partial charge in [0.1, 0.15) is 17.7 Å². The fourth-order valence-electron chi connectivity index (χ4n) is 1.76. The predicted molar refractivity (Wildman–Crippen MR) is 70.7 cm³/mol. The molecule has 0 aliphatic rings. The zero-order chi connectivity index (χ0) is 14.6. The Balaban J connectivity index is 2.93. The van der Waals surface area contributed by atoms with Gasteiger partial charge in [-0.3, -0.25) is 4.79 Å². The van der Waals surface area contributed by atoms with Crippen LogP contribution < -0.4 is 10.1 Å². The predicted octanol–water partition coefficient (Wildman–Crippen LogP) is 1.61. The summed E-state index contributed by atoms with van der Waals surface area (Å²) in [5.41, 5.74) is 0.152. The van der Waals surface area contributed by atoms with Gasteiger partial charge in [0.15, 0.2) is 0 Å². The van der Waals surface area contributed by atoms with Crippen molar-refractivity contribution in [3.8, 4) is 5.75 Å². The van der Waals surface area contributed by atoms with E-state index in [2.05, 4.69) is 5.32 Å². The van der Waals surface area contributed by atoms with Gasteiger partial charge in [-0.15, -0.1) is 0 Å². The fraction of sp³-hybridized carbons (Fsp3) is 0.500. The van der Waals surface area contributed by atoms with Crippen molar-refractivity contribution in [1.29, 1.82) is 0 Å². The minimum absolute atomic E-state index is 0.274. The zero-order valence-electron chi connectivity index (χ0n) is 11.7. The van der Waals surface area contributed by atoms with Gasteiger partial charge >= 0.3 is 0 Å². The van der Waals surface area contributed by atoms with E-state index in [1.54, 1.807) is 6.07 Å². The highest BCUT2D eigenvalue weighted by atomic mass is 19.1. The molecule has 1 aromatic rings. The number of aliphatic hydroxyl groups is 1. The van der Waals surface area contributed by atoms with Crippen molar-refractivity contribution in [2.24, 2.45) is 0 Å². The first kappa shape index (κ1) is 15.4. The van der Waals surface area contributed by atoms with Crippen molar-refractivity contribution in [2.75, 3.05) is 13.7 Å². The fourth-order valence-corrected chi connectivity index (χ4v) is 1.76. The molecule has 1 aromatic carbocycles. The van der Waals surface area contributed by atoms with E-state index in [1.165, 1.54) is 26.2 Å². The zero-order valence-corrected chi connectivity index (χ0v) is 11.7. The monoisotopic (exact) mass is 269 g/mol. The second kappa shape index (κ2) is 6.02. The smallest absolute Gasteiger partial charge is 0.248 e. The molecular weight excluding hydrogens is 249 g/mol. The molecule has 1 rings (SSSR count). The number of rotatable bonds is 5. The molecule has 0 heterocycles. The summed E-state index contributed by atoms with van der Waals surface area (Å²) in [6.07, 6.45) is -1.06. The Hall–Kier alpha value is -1.62. The third-order valence-corrected chi connectivity index (χ3v) is 2.97. The largest absolute Gasteiger partial charge is 0.496 e. The van der Waals surface area contributed by atoms with Gasteiger partial charge in [-0.1, -0.05) is 13.8 Å².